The molecule has 0 saturated heterocycles. The van der Waals surface area contributed by atoms with Crippen molar-refractivity contribution in [1.29, 1.82) is 0 Å². The van der Waals surface area contributed by atoms with E-state index < -0.39 is 12.6 Å². The van der Waals surface area contributed by atoms with Gasteiger partial charge in [-0.25, -0.2) is 4.79 Å². The number of aliphatic carboxylic acids is 1. The van der Waals surface area contributed by atoms with Crippen LogP contribution >= 0.6 is 0 Å². The van der Waals surface area contributed by atoms with Gasteiger partial charge in [0.2, 0.25) is 0 Å². The Morgan fingerprint density at radius 3 is 1.92 bits per heavy atom. The monoisotopic (exact) mass is 342 g/mol. The van der Waals surface area contributed by atoms with Crippen molar-refractivity contribution < 1.29 is 33.6 Å². The Bertz CT molecular complexity index is 502. The number of carbonyl (C=O) groups is 1. The maximum absolute atomic E-state index is 10.7. The smallest absolute Gasteiger partial charge is 0.341 e. The van der Waals surface area contributed by atoms with Gasteiger partial charge in [-0.05, 0) is 37.1 Å². The summed E-state index contributed by atoms with van der Waals surface area (Å²) in [4.78, 5) is 10.7. The fourth-order valence-corrected chi connectivity index (χ4v) is 1.80. The molecule has 0 saturated carbocycles. The predicted octanol–water partition coefficient (Wildman–Crippen LogP) is 1.83. The second kappa shape index (κ2) is 11.7. The van der Waals surface area contributed by atoms with Crippen molar-refractivity contribution in [1.82, 2.24) is 0 Å². The van der Waals surface area contributed by atoms with E-state index in [2.05, 4.69) is 0 Å². The highest BCUT2D eigenvalue weighted by Crippen LogP contribution is 2.30. The van der Waals surface area contributed by atoms with E-state index in [4.69, 9.17) is 28.8 Å². The number of carboxylic acid groups (broad SMARTS) is 1. The summed E-state index contributed by atoms with van der Waals surface area (Å²) in [5.74, 6) is -0.0984. The molecule has 0 aliphatic carbocycles. The van der Waals surface area contributed by atoms with E-state index in [1.54, 1.807) is 13.2 Å². The van der Waals surface area contributed by atoms with Crippen molar-refractivity contribution >= 4 is 5.97 Å². The van der Waals surface area contributed by atoms with Gasteiger partial charge in [-0.2, -0.15) is 0 Å². The van der Waals surface area contributed by atoms with Gasteiger partial charge in [-0.15, -0.1) is 0 Å². The number of rotatable bonds is 13. The fraction of sp³-hybridized carbons (Fsp3) is 0.588. The van der Waals surface area contributed by atoms with Crippen LogP contribution in [0.25, 0.3) is 0 Å². The minimum Gasteiger partial charge on any atom is -0.487 e. The van der Waals surface area contributed by atoms with Crippen LogP contribution in [-0.4, -0.2) is 64.4 Å². The molecule has 0 fully saturated rings. The summed E-state index contributed by atoms with van der Waals surface area (Å²) in [6.45, 7) is 6.30. The predicted molar refractivity (Wildman–Crippen MR) is 88.1 cm³/mol. The Balaban J connectivity index is 2.35. The molecule has 1 aromatic rings. The molecule has 0 bridgehead atoms. The van der Waals surface area contributed by atoms with Gasteiger partial charge in [0.15, 0.2) is 18.1 Å². The molecule has 0 aromatic heterocycles. The second-order valence-electron chi connectivity index (χ2n) is 5.13. The molecule has 7 nitrogen and oxygen atoms in total. The van der Waals surface area contributed by atoms with Crippen molar-refractivity contribution in [3.8, 4) is 11.5 Å². The summed E-state index contributed by atoms with van der Waals surface area (Å²) in [7, 11) is 1.62. The summed E-state index contributed by atoms with van der Waals surface area (Å²) in [5.41, 5.74) is 2.05. The van der Waals surface area contributed by atoms with Crippen molar-refractivity contribution in [2.75, 3.05) is 53.4 Å². The third-order valence-corrected chi connectivity index (χ3v) is 3.20. The lowest BCUT2D eigenvalue weighted by molar-refractivity contribution is -0.139. The molecule has 0 aliphatic heterocycles. The Labute approximate surface area is 142 Å². The zero-order chi connectivity index (χ0) is 17.8. The van der Waals surface area contributed by atoms with Gasteiger partial charge in [0, 0.05) is 7.11 Å². The van der Waals surface area contributed by atoms with E-state index in [9.17, 15) is 4.79 Å². The summed E-state index contributed by atoms with van der Waals surface area (Å²) < 4.78 is 26.5. The number of hydrogen-bond acceptors (Lipinski definition) is 6. The first kappa shape index (κ1) is 20.2. The zero-order valence-electron chi connectivity index (χ0n) is 14.5. The third-order valence-electron chi connectivity index (χ3n) is 3.20. The van der Waals surface area contributed by atoms with Crippen molar-refractivity contribution in [3.63, 3.8) is 0 Å². The molecule has 0 spiro atoms. The van der Waals surface area contributed by atoms with Crippen LogP contribution in [-0.2, 0) is 19.0 Å². The second-order valence-corrected chi connectivity index (χ2v) is 5.13. The highest BCUT2D eigenvalue weighted by atomic mass is 16.6. The van der Waals surface area contributed by atoms with Gasteiger partial charge < -0.3 is 28.8 Å². The largest absolute Gasteiger partial charge is 0.487 e. The number of methoxy groups -OCH3 is 1. The molecule has 24 heavy (non-hydrogen) atoms. The maximum Gasteiger partial charge on any atom is 0.341 e. The van der Waals surface area contributed by atoms with Crippen LogP contribution in [0, 0.1) is 13.8 Å². The normalized spacial score (nSPS) is 10.6. The first-order valence-electron chi connectivity index (χ1n) is 7.77. The molecule has 0 amide bonds. The summed E-state index contributed by atoms with van der Waals surface area (Å²) in [6.07, 6.45) is 0. The van der Waals surface area contributed by atoms with E-state index in [0.29, 0.717) is 51.1 Å². The lowest BCUT2D eigenvalue weighted by atomic mass is 10.1. The number of aryl methyl sites for hydroxylation is 2. The molecule has 0 aliphatic rings. The Kier molecular flexibility index (Phi) is 9.83. The highest BCUT2D eigenvalue weighted by molar-refractivity contribution is 5.68. The van der Waals surface area contributed by atoms with E-state index in [-0.39, 0.29) is 0 Å². The van der Waals surface area contributed by atoms with Crippen LogP contribution in [0.5, 0.6) is 11.5 Å². The third kappa shape index (κ3) is 8.14. The van der Waals surface area contributed by atoms with E-state index in [0.717, 1.165) is 11.1 Å². The van der Waals surface area contributed by atoms with Crippen LogP contribution < -0.4 is 9.47 Å². The van der Waals surface area contributed by atoms with Gasteiger partial charge in [-0.3, -0.25) is 0 Å². The van der Waals surface area contributed by atoms with Gasteiger partial charge in [-0.1, -0.05) is 0 Å². The molecular weight excluding hydrogens is 316 g/mol. The SMILES string of the molecule is COCCOCCOCCOc1cc(C)c(C)cc1OCC(=O)O. The highest BCUT2D eigenvalue weighted by Gasteiger charge is 2.10. The van der Waals surface area contributed by atoms with E-state index in [1.165, 1.54) is 0 Å². The fourth-order valence-electron chi connectivity index (χ4n) is 1.80. The van der Waals surface area contributed by atoms with E-state index in [1.807, 2.05) is 19.9 Å². The lowest BCUT2D eigenvalue weighted by Gasteiger charge is -2.14. The molecule has 1 rings (SSSR count). The van der Waals surface area contributed by atoms with Crippen molar-refractivity contribution in [3.05, 3.63) is 23.3 Å². The standard InChI is InChI=1S/C17H26O7/c1-13-10-15(16(11-14(13)2)24-12-17(18)19)23-9-8-22-7-6-21-5-4-20-3/h10-11H,4-9,12H2,1-3H3,(H,18,19). The van der Waals surface area contributed by atoms with Crippen LogP contribution in [0.3, 0.4) is 0 Å². The number of carboxylic acids is 1. The van der Waals surface area contributed by atoms with Crippen molar-refractivity contribution in [2.45, 2.75) is 13.8 Å². The molecule has 0 unspecified atom stereocenters. The Morgan fingerprint density at radius 2 is 1.38 bits per heavy atom. The molecule has 0 atom stereocenters. The van der Waals surface area contributed by atoms with Crippen LogP contribution in [0.15, 0.2) is 12.1 Å². The minimum atomic E-state index is -1.03. The van der Waals surface area contributed by atoms with Gasteiger partial charge >= 0.3 is 5.97 Å². The van der Waals surface area contributed by atoms with E-state index >= 15 is 0 Å². The molecule has 136 valence electrons. The summed E-state index contributed by atoms with van der Waals surface area (Å²) >= 11 is 0. The van der Waals surface area contributed by atoms with Gasteiger partial charge in [0.05, 0.1) is 33.0 Å². The summed E-state index contributed by atoms with van der Waals surface area (Å²) in [5, 5.41) is 8.73. The maximum atomic E-state index is 10.7. The topological polar surface area (TPSA) is 83.5 Å². The number of benzene rings is 1. The van der Waals surface area contributed by atoms with Gasteiger partial charge in [0.25, 0.3) is 0 Å². The first-order chi connectivity index (χ1) is 11.5. The summed E-state index contributed by atoms with van der Waals surface area (Å²) in [6, 6.07) is 3.61. The average molecular weight is 342 g/mol. The Morgan fingerprint density at radius 1 is 0.875 bits per heavy atom. The molecule has 0 heterocycles. The lowest BCUT2D eigenvalue weighted by Crippen LogP contribution is -2.14. The molecule has 1 N–H and O–H groups in total. The van der Waals surface area contributed by atoms with Gasteiger partial charge in [0.1, 0.15) is 6.61 Å². The average Bonchev–Trinajstić information content (AvgIpc) is 2.54. The molecular formula is C17H26O7. The molecule has 7 heteroatoms. The molecule has 1 aromatic carbocycles. The number of hydrogen-bond donors (Lipinski definition) is 1. The first-order valence-corrected chi connectivity index (χ1v) is 7.77. The van der Waals surface area contributed by atoms with Crippen LogP contribution in [0.4, 0.5) is 0 Å². The Hall–Kier alpha value is -1.83. The molecule has 0 radical (unpaired) electrons. The quantitative estimate of drug-likeness (QED) is 0.548. The van der Waals surface area contributed by atoms with Crippen molar-refractivity contribution in [2.24, 2.45) is 0 Å². The van der Waals surface area contributed by atoms with Crippen LogP contribution in [0.2, 0.25) is 0 Å². The zero-order valence-corrected chi connectivity index (χ0v) is 14.5. The van der Waals surface area contributed by atoms with Crippen LogP contribution in [0.1, 0.15) is 11.1 Å². The minimum absolute atomic E-state index is 0.337. The number of ether oxygens (including phenoxy) is 5.